The van der Waals surface area contributed by atoms with Crippen LogP contribution in [0.4, 0.5) is 4.39 Å². The van der Waals surface area contributed by atoms with Crippen molar-refractivity contribution in [2.75, 3.05) is 0 Å². The molecule has 0 amide bonds. The summed E-state index contributed by atoms with van der Waals surface area (Å²) in [5.74, 6) is -0.282. The van der Waals surface area contributed by atoms with Gasteiger partial charge in [-0.25, -0.2) is 9.37 Å². The third-order valence-corrected chi connectivity index (χ3v) is 3.42. The normalized spacial score (nSPS) is 11.1. The molecule has 100 valence electrons. The summed E-state index contributed by atoms with van der Waals surface area (Å²) in [5.41, 5.74) is 3.72. The summed E-state index contributed by atoms with van der Waals surface area (Å²) in [4.78, 5) is 13.2. The lowest BCUT2D eigenvalue weighted by Gasteiger charge is -2.04. The van der Waals surface area contributed by atoms with E-state index in [1.165, 1.54) is 6.07 Å². The maximum atomic E-state index is 13.9. The minimum Gasteiger partial charge on any atom is -0.255 e. The van der Waals surface area contributed by atoms with Crippen LogP contribution < -0.4 is 0 Å². The number of halogens is 1. The summed E-state index contributed by atoms with van der Waals surface area (Å²) in [6.07, 6.45) is 3.38. The Kier molecular flexibility index (Phi) is 2.60. The van der Waals surface area contributed by atoms with Gasteiger partial charge in [-0.3, -0.25) is 9.97 Å². The third-order valence-electron chi connectivity index (χ3n) is 3.42. The Morgan fingerprint density at radius 2 is 1.52 bits per heavy atom. The molecule has 0 aliphatic heterocycles. The van der Waals surface area contributed by atoms with Gasteiger partial charge in [-0.2, -0.15) is 0 Å². The molecule has 21 heavy (non-hydrogen) atoms. The molecular formula is C17H10FN3. The zero-order chi connectivity index (χ0) is 14.2. The van der Waals surface area contributed by atoms with E-state index in [-0.39, 0.29) is 5.82 Å². The standard InChI is InChI=1S/C17H10FN3/c18-13-4-3-7-14-12(13)8-11(9-19-14)17-10-20-15-5-1-2-6-16(15)21-17/h1-10H. The molecule has 0 spiro atoms. The van der Waals surface area contributed by atoms with Crippen molar-refractivity contribution in [3.63, 3.8) is 0 Å². The summed E-state index contributed by atoms with van der Waals surface area (Å²) >= 11 is 0. The molecule has 4 aromatic rings. The predicted octanol–water partition coefficient (Wildman–Crippen LogP) is 3.98. The molecule has 0 radical (unpaired) electrons. The Balaban J connectivity index is 1.93. The molecule has 0 bridgehead atoms. The van der Waals surface area contributed by atoms with Gasteiger partial charge < -0.3 is 0 Å². The quantitative estimate of drug-likeness (QED) is 0.527. The minimum absolute atomic E-state index is 0.282. The van der Waals surface area contributed by atoms with E-state index < -0.39 is 0 Å². The highest BCUT2D eigenvalue weighted by Gasteiger charge is 2.07. The van der Waals surface area contributed by atoms with E-state index in [1.54, 1.807) is 30.6 Å². The van der Waals surface area contributed by atoms with Gasteiger partial charge in [-0.15, -0.1) is 0 Å². The lowest BCUT2D eigenvalue weighted by atomic mass is 10.1. The van der Waals surface area contributed by atoms with E-state index in [0.717, 1.165) is 16.6 Å². The van der Waals surface area contributed by atoms with Crippen LogP contribution in [0.25, 0.3) is 33.2 Å². The summed E-state index contributed by atoms with van der Waals surface area (Å²) in [7, 11) is 0. The van der Waals surface area contributed by atoms with E-state index in [4.69, 9.17) is 0 Å². The van der Waals surface area contributed by atoms with Crippen LogP contribution in [-0.2, 0) is 0 Å². The molecule has 0 unspecified atom stereocenters. The number of aromatic nitrogens is 3. The van der Waals surface area contributed by atoms with E-state index in [9.17, 15) is 4.39 Å². The molecule has 0 saturated carbocycles. The van der Waals surface area contributed by atoms with Crippen LogP contribution in [-0.4, -0.2) is 15.0 Å². The Morgan fingerprint density at radius 3 is 2.43 bits per heavy atom. The number of fused-ring (bicyclic) bond motifs is 2. The number of hydrogen-bond donors (Lipinski definition) is 0. The highest BCUT2D eigenvalue weighted by atomic mass is 19.1. The molecule has 0 aliphatic rings. The number of rotatable bonds is 1. The fraction of sp³-hybridized carbons (Fsp3) is 0. The van der Waals surface area contributed by atoms with Gasteiger partial charge in [0.1, 0.15) is 5.82 Å². The molecule has 2 heterocycles. The van der Waals surface area contributed by atoms with E-state index in [1.807, 2.05) is 24.3 Å². The molecule has 0 saturated heterocycles. The summed E-state index contributed by atoms with van der Waals surface area (Å²) < 4.78 is 13.9. The second-order valence-electron chi connectivity index (χ2n) is 4.77. The number of benzene rings is 2. The van der Waals surface area contributed by atoms with Crippen LogP contribution in [0, 0.1) is 5.82 Å². The summed E-state index contributed by atoms with van der Waals surface area (Å²) in [6, 6.07) is 14.3. The molecule has 0 N–H and O–H groups in total. The van der Waals surface area contributed by atoms with Crippen molar-refractivity contribution < 1.29 is 4.39 Å². The number of pyridine rings is 1. The van der Waals surface area contributed by atoms with Crippen LogP contribution in [0.5, 0.6) is 0 Å². The van der Waals surface area contributed by atoms with Crippen LogP contribution in [0.2, 0.25) is 0 Å². The van der Waals surface area contributed by atoms with Gasteiger partial charge in [0, 0.05) is 17.1 Å². The first-order valence-electron chi connectivity index (χ1n) is 6.58. The second kappa shape index (κ2) is 4.59. The van der Waals surface area contributed by atoms with Crippen molar-refractivity contribution in [3.8, 4) is 11.3 Å². The number of nitrogens with zero attached hydrogens (tertiary/aromatic N) is 3. The summed E-state index contributed by atoms with van der Waals surface area (Å²) in [5, 5.41) is 0.491. The highest BCUT2D eigenvalue weighted by Crippen LogP contribution is 2.23. The fourth-order valence-electron chi connectivity index (χ4n) is 2.35. The monoisotopic (exact) mass is 275 g/mol. The molecule has 0 aliphatic carbocycles. The molecule has 2 aromatic carbocycles. The zero-order valence-corrected chi connectivity index (χ0v) is 11.0. The van der Waals surface area contributed by atoms with Gasteiger partial charge >= 0.3 is 0 Å². The van der Waals surface area contributed by atoms with Gasteiger partial charge in [0.05, 0.1) is 28.4 Å². The molecule has 3 nitrogen and oxygen atoms in total. The van der Waals surface area contributed by atoms with E-state index in [0.29, 0.717) is 16.6 Å². The van der Waals surface area contributed by atoms with Crippen LogP contribution in [0.3, 0.4) is 0 Å². The average molecular weight is 275 g/mol. The van der Waals surface area contributed by atoms with Gasteiger partial charge in [0.2, 0.25) is 0 Å². The first-order valence-corrected chi connectivity index (χ1v) is 6.58. The van der Waals surface area contributed by atoms with Crippen molar-refractivity contribution in [2.45, 2.75) is 0 Å². The molecule has 0 fully saturated rings. The van der Waals surface area contributed by atoms with Crippen molar-refractivity contribution in [1.29, 1.82) is 0 Å². The predicted molar refractivity (Wildman–Crippen MR) is 80.2 cm³/mol. The summed E-state index contributed by atoms with van der Waals surface area (Å²) in [6.45, 7) is 0. The van der Waals surface area contributed by atoms with Crippen molar-refractivity contribution in [1.82, 2.24) is 15.0 Å². The van der Waals surface area contributed by atoms with Crippen LogP contribution >= 0.6 is 0 Å². The van der Waals surface area contributed by atoms with Gasteiger partial charge in [-0.1, -0.05) is 18.2 Å². The largest absolute Gasteiger partial charge is 0.255 e. The molecular weight excluding hydrogens is 265 g/mol. The lowest BCUT2D eigenvalue weighted by molar-refractivity contribution is 0.639. The number of para-hydroxylation sites is 2. The topological polar surface area (TPSA) is 38.7 Å². The van der Waals surface area contributed by atoms with Gasteiger partial charge in [0.15, 0.2) is 0 Å². The first kappa shape index (κ1) is 11.9. The average Bonchev–Trinajstić information content (AvgIpc) is 2.54. The first-order chi connectivity index (χ1) is 10.3. The van der Waals surface area contributed by atoms with Crippen LogP contribution in [0.15, 0.2) is 60.9 Å². The SMILES string of the molecule is Fc1cccc2ncc(-c3cnc4ccccc4n3)cc12. The molecule has 4 rings (SSSR count). The smallest absolute Gasteiger partial charge is 0.132 e. The van der Waals surface area contributed by atoms with Crippen molar-refractivity contribution in [3.05, 3.63) is 66.7 Å². The number of hydrogen-bond acceptors (Lipinski definition) is 3. The Bertz CT molecular complexity index is 966. The maximum Gasteiger partial charge on any atom is 0.132 e. The second-order valence-corrected chi connectivity index (χ2v) is 4.77. The van der Waals surface area contributed by atoms with E-state index >= 15 is 0 Å². The van der Waals surface area contributed by atoms with Crippen molar-refractivity contribution in [2.24, 2.45) is 0 Å². The Morgan fingerprint density at radius 1 is 0.762 bits per heavy atom. The Hall–Kier alpha value is -2.88. The van der Waals surface area contributed by atoms with Crippen LogP contribution in [0.1, 0.15) is 0 Å². The molecule has 0 atom stereocenters. The van der Waals surface area contributed by atoms with E-state index in [2.05, 4.69) is 15.0 Å². The lowest BCUT2D eigenvalue weighted by Crippen LogP contribution is -1.90. The van der Waals surface area contributed by atoms with Crippen molar-refractivity contribution >= 4 is 21.9 Å². The molecule has 4 heteroatoms. The highest BCUT2D eigenvalue weighted by molar-refractivity contribution is 5.84. The fourth-order valence-corrected chi connectivity index (χ4v) is 2.35. The molecule has 2 aromatic heterocycles. The van der Waals surface area contributed by atoms with Gasteiger partial charge in [0.25, 0.3) is 0 Å². The minimum atomic E-state index is -0.282. The zero-order valence-electron chi connectivity index (χ0n) is 11.0. The van der Waals surface area contributed by atoms with Gasteiger partial charge in [-0.05, 0) is 30.3 Å². The Labute approximate surface area is 120 Å². The third kappa shape index (κ3) is 2.01. The maximum absolute atomic E-state index is 13.9.